The molecular weight excluding hydrogens is 268 g/mol. The lowest BCUT2D eigenvalue weighted by atomic mass is 10.1. The molecule has 0 saturated heterocycles. The minimum Gasteiger partial charge on any atom is -0.461 e. The smallest absolute Gasteiger partial charge is 0.355 e. The van der Waals surface area contributed by atoms with Gasteiger partial charge in [0.05, 0.1) is 13.2 Å². The Labute approximate surface area is 126 Å². The van der Waals surface area contributed by atoms with Gasteiger partial charge in [-0.2, -0.15) is 0 Å². The summed E-state index contributed by atoms with van der Waals surface area (Å²) in [5.74, 6) is -0.354. The Bertz CT molecular complexity index is 530. The maximum Gasteiger partial charge on any atom is 0.355 e. The highest BCUT2D eigenvalue weighted by molar-refractivity contribution is 6.03. The number of ketones is 1. The normalized spacial score (nSPS) is 11.0. The fourth-order valence-electron chi connectivity index (χ4n) is 2.55. The number of esters is 1. The fourth-order valence-corrected chi connectivity index (χ4v) is 2.55. The molecule has 1 aromatic heterocycles. The van der Waals surface area contributed by atoms with Crippen molar-refractivity contribution in [2.75, 3.05) is 13.2 Å². The lowest BCUT2D eigenvalue weighted by molar-refractivity contribution is 0.0512. The van der Waals surface area contributed by atoms with Gasteiger partial charge in [0.15, 0.2) is 5.78 Å². The fraction of sp³-hybridized carbons (Fsp3) is 0.625. The second-order valence-corrected chi connectivity index (χ2v) is 5.36. The average Bonchev–Trinajstić information content (AvgIpc) is 2.67. The number of carbonyl (C=O) groups is 2. The minimum absolute atomic E-state index is 0.0106. The first-order chi connectivity index (χ1) is 9.84. The summed E-state index contributed by atoms with van der Waals surface area (Å²) in [4.78, 5) is 24.6. The summed E-state index contributed by atoms with van der Waals surface area (Å²) in [6, 6.07) is 0.243. The van der Waals surface area contributed by atoms with Crippen LogP contribution in [0.2, 0.25) is 0 Å². The van der Waals surface area contributed by atoms with Crippen LogP contribution in [0.4, 0.5) is 0 Å². The quantitative estimate of drug-likeness (QED) is 0.620. The number of nitrogens with zero attached hydrogens (tertiary/aromatic N) is 1. The van der Waals surface area contributed by atoms with Gasteiger partial charge in [-0.25, -0.2) is 4.79 Å². The number of rotatable bonds is 7. The summed E-state index contributed by atoms with van der Waals surface area (Å²) in [7, 11) is 0. The van der Waals surface area contributed by atoms with E-state index in [2.05, 4.69) is 5.32 Å². The van der Waals surface area contributed by atoms with Gasteiger partial charge in [-0.15, -0.1) is 0 Å². The van der Waals surface area contributed by atoms with Crippen molar-refractivity contribution in [1.29, 1.82) is 0 Å². The van der Waals surface area contributed by atoms with Crippen molar-refractivity contribution >= 4 is 11.8 Å². The van der Waals surface area contributed by atoms with Crippen LogP contribution in [0, 0.1) is 13.8 Å². The van der Waals surface area contributed by atoms with E-state index < -0.39 is 0 Å². The highest BCUT2D eigenvalue weighted by Gasteiger charge is 2.26. The molecule has 1 rings (SSSR count). The van der Waals surface area contributed by atoms with Crippen molar-refractivity contribution in [3.05, 3.63) is 22.5 Å². The predicted octanol–water partition coefficient (Wildman–Crippen LogP) is 2.48. The van der Waals surface area contributed by atoms with E-state index in [0.717, 1.165) is 5.69 Å². The summed E-state index contributed by atoms with van der Waals surface area (Å²) in [5.41, 5.74) is 2.66. The molecule has 0 amide bonds. The van der Waals surface area contributed by atoms with Crippen molar-refractivity contribution < 1.29 is 14.3 Å². The Morgan fingerprint density at radius 2 is 1.86 bits per heavy atom. The largest absolute Gasteiger partial charge is 0.461 e. The second kappa shape index (κ2) is 7.41. The topological polar surface area (TPSA) is 60.3 Å². The third kappa shape index (κ3) is 3.73. The van der Waals surface area contributed by atoms with Crippen LogP contribution in [-0.2, 0) is 11.3 Å². The van der Waals surface area contributed by atoms with Gasteiger partial charge in [-0.3, -0.25) is 4.79 Å². The highest BCUT2D eigenvalue weighted by atomic mass is 16.5. The Morgan fingerprint density at radius 3 is 2.33 bits per heavy atom. The zero-order chi connectivity index (χ0) is 16.2. The number of hydrogen-bond donors (Lipinski definition) is 1. The van der Waals surface area contributed by atoms with Crippen LogP contribution in [0.3, 0.4) is 0 Å². The van der Waals surface area contributed by atoms with Gasteiger partial charge >= 0.3 is 5.97 Å². The molecule has 1 aromatic rings. The molecule has 0 aliphatic heterocycles. The van der Waals surface area contributed by atoms with Crippen molar-refractivity contribution in [2.45, 2.75) is 54.1 Å². The standard InChI is InChI=1S/C16H26N2O3/c1-7-18-12(6)14(13(19)9-17-10(3)4)11(5)15(18)16(20)21-8-2/h10,17H,7-9H2,1-6H3. The molecule has 5 nitrogen and oxygen atoms in total. The zero-order valence-corrected chi connectivity index (χ0v) is 13.9. The van der Waals surface area contributed by atoms with Gasteiger partial charge < -0.3 is 14.6 Å². The van der Waals surface area contributed by atoms with E-state index in [1.54, 1.807) is 6.92 Å². The molecule has 0 radical (unpaired) electrons. The maximum atomic E-state index is 12.4. The average molecular weight is 294 g/mol. The van der Waals surface area contributed by atoms with Crippen molar-refractivity contribution in [3.8, 4) is 0 Å². The highest BCUT2D eigenvalue weighted by Crippen LogP contribution is 2.23. The first-order valence-corrected chi connectivity index (χ1v) is 7.48. The maximum absolute atomic E-state index is 12.4. The number of nitrogens with one attached hydrogen (secondary N) is 1. The van der Waals surface area contributed by atoms with Gasteiger partial charge in [-0.1, -0.05) is 13.8 Å². The van der Waals surface area contributed by atoms with E-state index in [1.165, 1.54) is 0 Å². The molecule has 5 heteroatoms. The van der Waals surface area contributed by atoms with E-state index in [4.69, 9.17) is 4.74 Å². The van der Waals surface area contributed by atoms with E-state index in [1.807, 2.05) is 39.2 Å². The molecule has 0 fully saturated rings. The molecule has 1 N–H and O–H groups in total. The molecule has 21 heavy (non-hydrogen) atoms. The lowest BCUT2D eigenvalue weighted by Crippen LogP contribution is -2.29. The van der Waals surface area contributed by atoms with Crippen LogP contribution in [0.25, 0.3) is 0 Å². The van der Waals surface area contributed by atoms with Gasteiger partial charge in [0.25, 0.3) is 0 Å². The number of aromatic nitrogens is 1. The van der Waals surface area contributed by atoms with E-state index in [9.17, 15) is 9.59 Å². The molecule has 118 valence electrons. The number of hydrogen-bond acceptors (Lipinski definition) is 4. The van der Waals surface area contributed by atoms with E-state index in [-0.39, 0.29) is 24.3 Å². The van der Waals surface area contributed by atoms with Gasteiger partial charge in [-0.05, 0) is 33.3 Å². The molecule has 0 aromatic carbocycles. The van der Waals surface area contributed by atoms with E-state index >= 15 is 0 Å². The van der Waals surface area contributed by atoms with Gasteiger partial charge in [0, 0.05) is 23.8 Å². The predicted molar refractivity (Wildman–Crippen MR) is 83.0 cm³/mol. The molecule has 0 aliphatic rings. The van der Waals surface area contributed by atoms with Crippen LogP contribution in [0.5, 0.6) is 0 Å². The van der Waals surface area contributed by atoms with Crippen LogP contribution in [0.1, 0.15) is 59.8 Å². The number of carbonyl (C=O) groups excluding carboxylic acids is 2. The first kappa shape index (κ1) is 17.4. The summed E-state index contributed by atoms with van der Waals surface area (Å²) in [5, 5.41) is 3.12. The lowest BCUT2D eigenvalue weighted by Gasteiger charge is -2.09. The van der Waals surface area contributed by atoms with Crippen molar-refractivity contribution in [3.63, 3.8) is 0 Å². The Kier molecular flexibility index (Phi) is 6.15. The molecule has 0 spiro atoms. The molecule has 0 saturated carbocycles. The van der Waals surface area contributed by atoms with E-state index in [0.29, 0.717) is 30.0 Å². The Balaban J connectivity index is 3.22. The minimum atomic E-state index is -0.365. The van der Waals surface area contributed by atoms with Gasteiger partial charge in [0.2, 0.25) is 0 Å². The summed E-state index contributed by atoms with van der Waals surface area (Å²) in [6.07, 6.45) is 0. The summed E-state index contributed by atoms with van der Waals surface area (Å²) in [6.45, 7) is 12.6. The summed E-state index contributed by atoms with van der Waals surface area (Å²) >= 11 is 0. The summed E-state index contributed by atoms with van der Waals surface area (Å²) < 4.78 is 6.97. The Hall–Kier alpha value is -1.62. The first-order valence-electron chi connectivity index (χ1n) is 7.48. The van der Waals surface area contributed by atoms with Gasteiger partial charge in [0.1, 0.15) is 5.69 Å². The monoisotopic (exact) mass is 294 g/mol. The van der Waals surface area contributed by atoms with Crippen molar-refractivity contribution in [2.24, 2.45) is 0 Å². The molecular formula is C16H26N2O3. The Morgan fingerprint density at radius 1 is 1.24 bits per heavy atom. The second-order valence-electron chi connectivity index (χ2n) is 5.36. The molecule has 0 aliphatic carbocycles. The third-order valence-electron chi connectivity index (χ3n) is 3.50. The number of ether oxygens (including phenoxy) is 1. The molecule has 1 heterocycles. The van der Waals surface area contributed by atoms with Crippen molar-refractivity contribution in [1.82, 2.24) is 9.88 Å². The molecule has 0 unspecified atom stereocenters. The number of Topliss-reactive ketones (excluding diaryl/α,β-unsaturated/α-hetero) is 1. The van der Waals surface area contributed by atoms with Crippen LogP contribution >= 0.6 is 0 Å². The third-order valence-corrected chi connectivity index (χ3v) is 3.50. The van der Waals surface area contributed by atoms with Crippen LogP contribution in [0.15, 0.2) is 0 Å². The SMILES string of the molecule is CCOC(=O)c1c(C)c(C(=O)CNC(C)C)c(C)n1CC. The van der Waals surface area contributed by atoms with Crippen LogP contribution < -0.4 is 5.32 Å². The zero-order valence-electron chi connectivity index (χ0n) is 13.9. The molecule has 0 bridgehead atoms. The molecule has 0 atom stereocenters. The van der Waals surface area contributed by atoms with Crippen LogP contribution in [-0.4, -0.2) is 35.5 Å².